The number of allylic oxidation sites excluding steroid dienone is 2. The Balaban J connectivity index is 1.44. The van der Waals surface area contributed by atoms with Crippen LogP contribution in [-0.2, 0) is 20.8 Å². The van der Waals surface area contributed by atoms with E-state index < -0.39 is 28.7 Å². The number of imide groups is 1. The zero-order valence-electron chi connectivity index (χ0n) is 17.8. The van der Waals surface area contributed by atoms with Crippen molar-refractivity contribution in [3.8, 4) is 0 Å². The molecule has 6 rings (SSSR count). The fourth-order valence-corrected chi connectivity index (χ4v) is 5.44. The monoisotopic (exact) mass is 445 g/mol. The highest BCUT2D eigenvalue weighted by atomic mass is 16.6. The number of fused-ring (bicyclic) bond motifs is 1. The van der Waals surface area contributed by atoms with Crippen molar-refractivity contribution in [3.05, 3.63) is 82.4 Å². The fourth-order valence-electron chi connectivity index (χ4n) is 5.44. The number of nitrogens with zero attached hydrogens (tertiary/aromatic N) is 2. The number of nitro benzene ring substituents is 1. The van der Waals surface area contributed by atoms with Crippen molar-refractivity contribution in [1.29, 1.82) is 0 Å². The summed E-state index contributed by atoms with van der Waals surface area (Å²) in [6.07, 6.45) is 6.06. The molecule has 1 heterocycles. The molecule has 5 atom stereocenters. The van der Waals surface area contributed by atoms with Gasteiger partial charge in [-0.1, -0.05) is 42.5 Å². The van der Waals surface area contributed by atoms with Gasteiger partial charge in [0, 0.05) is 24.2 Å². The lowest BCUT2D eigenvalue weighted by Crippen LogP contribution is -2.49. The molecule has 1 saturated heterocycles. The van der Waals surface area contributed by atoms with Crippen LogP contribution in [0.4, 0.5) is 11.4 Å². The smallest absolute Gasteiger partial charge is 0.269 e. The van der Waals surface area contributed by atoms with Gasteiger partial charge in [0.15, 0.2) is 0 Å². The molecular formula is C25H23N3O5. The Bertz CT molecular complexity index is 1110. The van der Waals surface area contributed by atoms with Crippen LogP contribution in [-0.4, -0.2) is 33.6 Å². The van der Waals surface area contributed by atoms with E-state index in [-0.39, 0.29) is 35.8 Å². The van der Waals surface area contributed by atoms with E-state index in [1.54, 1.807) is 0 Å². The molecule has 4 aliphatic rings. The Morgan fingerprint density at radius 3 is 2.06 bits per heavy atom. The molecule has 8 nitrogen and oxygen atoms in total. The third kappa shape index (κ3) is 3.71. The van der Waals surface area contributed by atoms with E-state index in [2.05, 4.69) is 5.32 Å². The average Bonchev–Trinajstić information content (AvgIpc) is 3.11. The highest BCUT2D eigenvalue weighted by molar-refractivity contribution is 6.10. The van der Waals surface area contributed by atoms with E-state index in [1.165, 1.54) is 29.2 Å². The first-order valence-electron chi connectivity index (χ1n) is 11.1. The number of nitro groups is 1. The molecule has 0 radical (unpaired) electrons. The molecule has 1 aliphatic heterocycles. The second-order valence-electron chi connectivity index (χ2n) is 8.89. The molecule has 0 aromatic heterocycles. The molecule has 0 unspecified atom stereocenters. The number of carbonyl (C=O) groups is 3. The van der Waals surface area contributed by atoms with Crippen molar-refractivity contribution in [1.82, 2.24) is 4.90 Å². The summed E-state index contributed by atoms with van der Waals surface area (Å²) in [6.45, 7) is 0. The van der Waals surface area contributed by atoms with Gasteiger partial charge in [0.25, 0.3) is 5.69 Å². The number of rotatable bonds is 6. The van der Waals surface area contributed by atoms with E-state index in [1.807, 2.05) is 42.5 Å². The third-order valence-corrected chi connectivity index (χ3v) is 7.03. The predicted molar refractivity (Wildman–Crippen MR) is 120 cm³/mol. The number of anilines is 1. The third-order valence-electron chi connectivity index (χ3n) is 7.03. The number of nitrogens with one attached hydrogen (secondary N) is 1. The fraction of sp³-hybridized carbons (Fsp3) is 0.320. The van der Waals surface area contributed by atoms with E-state index in [0.29, 0.717) is 5.69 Å². The molecule has 1 saturated carbocycles. The summed E-state index contributed by atoms with van der Waals surface area (Å²) in [5, 5.41) is 13.6. The summed E-state index contributed by atoms with van der Waals surface area (Å²) in [7, 11) is 0. The Morgan fingerprint density at radius 1 is 0.970 bits per heavy atom. The van der Waals surface area contributed by atoms with Gasteiger partial charge in [-0.25, -0.2) is 0 Å². The number of non-ortho nitro benzene ring substituents is 1. The molecule has 3 amide bonds. The summed E-state index contributed by atoms with van der Waals surface area (Å²) in [5.41, 5.74) is 1.10. The van der Waals surface area contributed by atoms with Gasteiger partial charge in [0.05, 0.1) is 16.8 Å². The largest absolute Gasteiger partial charge is 0.324 e. The van der Waals surface area contributed by atoms with Crippen molar-refractivity contribution in [2.45, 2.75) is 25.3 Å². The van der Waals surface area contributed by atoms with Crippen molar-refractivity contribution in [3.63, 3.8) is 0 Å². The van der Waals surface area contributed by atoms with Crippen molar-refractivity contribution < 1.29 is 19.3 Å². The molecule has 2 bridgehead atoms. The van der Waals surface area contributed by atoms with Gasteiger partial charge < -0.3 is 5.32 Å². The van der Waals surface area contributed by atoms with Crippen LogP contribution < -0.4 is 5.32 Å². The molecule has 2 aromatic carbocycles. The van der Waals surface area contributed by atoms with Crippen LogP contribution in [0.3, 0.4) is 0 Å². The molecule has 168 valence electrons. The van der Waals surface area contributed by atoms with Gasteiger partial charge in [0.1, 0.15) is 6.04 Å². The second-order valence-corrected chi connectivity index (χ2v) is 8.89. The van der Waals surface area contributed by atoms with E-state index in [4.69, 9.17) is 0 Å². The summed E-state index contributed by atoms with van der Waals surface area (Å²) < 4.78 is 0. The average molecular weight is 445 g/mol. The lowest BCUT2D eigenvalue weighted by Gasteiger charge is -2.38. The van der Waals surface area contributed by atoms with Crippen molar-refractivity contribution >= 4 is 29.1 Å². The van der Waals surface area contributed by atoms with Crippen LogP contribution in [0.2, 0.25) is 0 Å². The topological polar surface area (TPSA) is 110 Å². The standard InChI is InChI=1S/C25H23N3O5/c29-23(26-18-10-12-19(13-11-18)28(32)33)20(14-15-4-2-1-3-5-15)27-24(30)21-16-6-7-17(9-8-16)22(21)25(27)31/h1-7,10-13,16-17,20-22H,8-9,14H2,(H,26,29)/t16-,17-,20-,21-,22-/m0/s1. The Labute approximate surface area is 190 Å². The van der Waals surface area contributed by atoms with Gasteiger partial charge in [0.2, 0.25) is 17.7 Å². The van der Waals surface area contributed by atoms with Crippen LogP contribution in [0.15, 0.2) is 66.7 Å². The van der Waals surface area contributed by atoms with E-state index in [9.17, 15) is 24.5 Å². The van der Waals surface area contributed by atoms with Crippen LogP contribution in [0.1, 0.15) is 18.4 Å². The maximum atomic E-state index is 13.5. The summed E-state index contributed by atoms with van der Waals surface area (Å²) >= 11 is 0. The minimum atomic E-state index is -1.01. The number of hydrogen-bond acceptors (Lipinski definition) is 5. The van der Waals surface area contributed by atoms with Gasteiger partial charge in [-0.3, -0.25) is 29.4 Å². The maximum Gasteiger partial charge on any atom is 0.269 e. The quantitative estimate of drug-likeness (QED) is 0.317. The molecule has 3 aliphatic carbocycles. The minimum Gasteiger partial charge on any atom is -0.324 e. The number of hydrogen-bond donors (Lipinski definition) is 1. The van der Waals surface area contributed by atoms with Crippen LogP contribution in [0.25, 0.3) is 0 Å². The second kappa shape index (κ2) is 8.27. The van der Waals surface area contributed by atoms with Crippen molar-refractivity contribution in [2.24, 2.45) is 23.7 Å². The lowest BCUT2D eigenvalue weighted by molar-refractivity contribution is -0.384. The number of carbonyl (C=O) groups excluding carboxylic acids is 3. The maximum absolute atomic E-state index is 13.5. The van der Waals surface area contributed by atoms with Crippen LogP contribution in [0, 0.1) is 33.8 Å². The van der Waals surface area contributed by atoms with Crippen molar-refractivity contribution in [2.75, 3.05) is 5.32 Å². The molecular weight excluding hydrogens is 422 g/mol. The van der Waals surface area contributed by atoms with Gasteiger partial charge in [-0.15, -0.1) is 0 Å². The highest BCUT2D eigenvalue weighted by Crippen LogP contribution is 2.50. The molecule has 33 heavy (non-hydrogen) atoms. The minimum absolute atomic E-state index is 0.0385. The SMILES string of the molecule is O=C(Nc1ccc([N+](=O)[O-])cc1)[C@H](Cc1ccccc1)N1C(=O)[C@@H]2[C@@H](C1=O)[C@H]1C=C[C@H]2CC1. The first kappa shape index (κ1) is 21.1. The Morgan fingerprint density at radius 2 is 1.55 bits per heavy atom. The lowest BCUT2D eigenvalue weighted by atomic mass is 9.63. The Hall–Kier alpha value is -3.81. The van der Waals surface area contributed by atoms with Gasteiger partial charge >= 0.3 is 0 Å². The molecule has 1 N–H and O–H groups in total. The normalized spacial score (nSPS) is 26.2. The zero-order chi connectivity index (χ0) is 23.1. The molecule has 2 aromatic rings. The van der Waals surface area contributed by atoms with E-state index >= 15 is 0 Å². The van der Waals surface area contributed by atoms with Crippen LogP contribution in [0.5, 0.6) is 0 Å². The first-order chi connectivity index (χ1) is 15.9. The number of likely N-dealkylation sites (tertiary alicyclic amines) is 1. The summed E-state index contributed by atoms with van der Waals surface area (Å²) in [5.74, 6) is -1.76. The van der Waals surface area contributed by atoms with Crippen LogP contribution >= 0.6 is 0 Å². The molecule has 2 fully saturated rings. The van der Waals surface area contributed by atoms with Gasteiger partial charge in [-0.05, 0) is 42.4 Å². The number of amides is 3. The highest BCUT2D eigenvalue weighted by Gasteiger charge is 2.58. The predicted octanol–water partition coefficient (Wildman–Crippen LogP) is 3.34. The zero-order valence-corrected chi connectivity index (χ0v) is 17.8. The Kier molecular flexibility index (Phi) is 5.28. The molecule has 0 spiro atoms. The summed E-state index contributed by atoms with van der Waals surface area (Å²) in [6, 6.07) is 13.7. The summed E-state index contributed by atoms with van der Waals surface area (Å²) in [4.78, 5) is 51.9. The number of benzene rings is 2. The first-order valence-corrected chi connectivity index (χ1v) is 11.1. The van der Waals surface area contributed by atoms with E-state index in [0.717, 1.165) is 18.4 Å². The molecule has 8 heteroatoms. The van der Waals surface area contributed by atoms with Gasteiger partial charge in [-0.2, -0.15) is 0 Å².